The monoisotopic (exact) mass is 233 g/mol. The van der Waals surface area contributed by atoms with Crippen LogP contribution in [-0.2, 0) is 12.8 Å². The van der Waals surface area contributed by atoms with E-state index in [0.29, 0.717) is 11.5 Å². The fourth-order valence-electron chi connectivity index (χ4n) is 2.21. The van der Waals surface area contributed by atoms with Crippen LogP contribution in [0.2, 0.25) is 0 Å². The van der Waals surface area contributed by atoms with Gasteiger partial charge in [0.25, 0.3) is 0 Å². The fraction of sp³-hybridized carbons (Fsp3) is 0.625. The van der Waals surface area contributed by atoms with Gasteiger partial charge in [0, 0.05) is 6.04 Å². The Morgan fingerprint density at radius 1 is 1.06 bits per heavy atom. The van der Waals surface area contributed by atoms with E-state index in [4.69, 9.17) is 0 Å². The fourth-order valence-corrected chi connectivity index (χ4v) is 2.21. The molecule has 1 rings (SSSR count). The zero-order valence-electron chi connectivity index (χ0n) is 12.0. The molecule has 0 amide bonds. The molecule has 1 N–H and O–H groups in total. The van der Waals surface area contributed by atoms with Crippen molar-refractivity contribution < 1.29 is 0 Å². The number of hydrogen-bond donors (Lipinski definition) is 1. The molecule has 0 fully saturated rings. The number of hydrogen-bond acceptors (Lipinski definition) is 1. The van der Waals surface area contributed by atoms with Crippen molar-refractivity contribution >= 4 is 0 Å². The summed E-state index contributed by atoms with van der Waals surface area (Å²) >= 11 is 0. The molecule has 1 heteroatoms. The van der Waals surface area contributed by atoms with Crippen molar-refractivity contribution in [2.24, 2.45) is 5.41 Å². The first-order valence-corrected chi connectivity index (χ1v) is 6.69. The molecule has 96 valence electrons. The Morgan fingerprint density at radius 2 is 1.59 bits per heavy atom. The lowest BCUT2D eigenvalue weighted by Gasteiger charge is -2.25. The normalized spacial score (nSPS) is 13.7. The molecule has 0 saturated carbocycles. The van der Waals surface area contributed by atoms with E-state index in [-0.39, 0.29) is 0 Å². The van der Waals surface area contributed by atoms with Gasteiger partial charge in [-0.1, -0.05) is 52.0 Å². The van der Waals surface area contributed by atoms with Crippen LogP contribution in [0.4, 0.5) is 0 Å². The summed E-state index contributed by atoms with van der Waals surface area (Å²) in [7, 11) is 2.07. The van der Waals surface area contributed by atoms with Crippen LogP contribution in [0.3, 0.4) is 0 Å². The predicted molar refractivity (Wildman–Crippen MR) is 76.4 cm³/mol. The first-order chi connectivity index (χ1) is 7.94. The molecule has 0 heterocycles. The van der Waals surface area contributed by atoms with Crippen LogP contribution in [0.25, 0.3) is 0 Å². The highest BCUT2D eigenvalue weighted by Gasteiger charge is 2.17. The van der Waals surface area contributed by atoms with Crippen LogP contribution in [0.1, 0.15) is 45.2 Å². The van der Waals surface area contributed by atoms with Gasteiger partial charge in [-0.15, -0.1) is 0 Å². The molecule has 0 aliphatic rings. The molecule has 0 aliphatic carbocycles. The van der Waals surface area contributed by atoms with Crippen molar-refractivity contribution in [3.63, 3.8) is 0 Å². The predicted octanol–water partition coefficient (Wildman–Crippen LogP) is 3.82. The quantitative estimate of drug-likeness (QED) is 0.815. The summed E-state index contributed by atoms with van der Waals surface area (Å²) in [5, 5.41) is 3.44. The highest BCUT2D eigenvalue weighted by molar-refractivity contribution is 5.23. The van der Waals surface area contributed by atoms with Gasteiger partial charge < -0.3 is 5.32 Å². The summed E-state index contributed by atoms with van der Waals surface area (Å²) in [6, 6.07) is 9.61. The van der Waals surface area contributed by atoms with Gasteiger partial charge in [-0.2, -0.15) is 0 Å². The molecule has 0 spiro atoms. The Hall–Kier alpha value is -0.820. The van der Waals surface area contributed by atoms with Gasteiger partial charge in [0.2, 0.25) is 0 Å². The Kier molecular flexibility index (Phi) is 5.20. The van der Waals surface area contributed by atoms with Crippen molar-refractivity contribution in [2.75, 3.05) is 7.05 Å². The van der Waals surface area contributed by atoms with Gasteiger partial charge in [0.05, 0.1) is 0 Å². The van der Waals surface area contributed by atoms with Crippen molar-refractivity contribution in [2.45, 2.75) is 53.0 Å². The third kappa shape index (κ3) is 5.36. The minimum Gasteiger partial charge on any atom is -0.317 e. The van der Waals surface area contributed by atoms with Gasteiger partial charge in [0.1, 0.15) is 0 Å². The first kappa shape index (κ1) is 14.2. The smallest absolute Gasteiger partial charge is 0.0109 e. The lowest BCUT2D eigenvalue weighted by molar-refractivity contribution is 0.316. The van der Waals surface area contributed by atoms with E-state index in [0.717, 1.165) is 12.8 Å². The van der Waals surface area contributed by atoms with Crippen LogP contribution < -0.4 is 5.32 Å². The van der Waals surface area contributed by atoms with Gasteiger partial charge in [0.15, 0.2) is 0 Å². The molecule has 0 bridgehead atoms. The molecular formula is C16H27N. The molecule has 1 nitrogen and oxygen atoms in total. The maximum atomic E-state index is 3.44. The first-order valence-electron chi connectivity index (χ1n) is 6.69. The van der Waals surface area contributed by atoms with Crippen LogP contribution in [0.5, 0.6) is 0 Å². The van der Waals surface area contributed by atoms with Gasteiger partial charge in [-0.3, -0.25) is 0 Å². The highest BCUT2D eigenvalue weighted by atomic mass is 14.9. The zero-order valence-corrected chi connectivity index (χ0v) is 12.0. The molecule has 17 heavy (non-hydrogen) atoms. The average Bonchev–Trinajstić information content (AvgIpc) is 2.27. The summed E-state index contributed by atoms with van der Waals surface area (Å²) in [5.41, 5.74) is 3.24. The van der Waals surface area contributed by atoms with Crippen molar-refractivity contribution in [3.05, 3.63) is 35.4 Å². The number of rotatable bonds is 5. The van der Waals surface area contributed by atoms with E-state index in [1.54, 1.807) is 0 Å². The highest BCUT2D eigenvalue weighted by Crippen LogP contribution is 2.22. The van der Waals surface area contributed by atoms with Crippen molar-refractivity contribution in [3.8, 4) is 0 Å². The summed E-state index contributed by atoms with van der Waals surface area (Å²) in [4.78, 5) is 0. The molecule has 0 aromatic heterocycles. The van der Waals surface area contributed by atoms with Gasteiger partial charge >= 0.3 is 0 Å². The summed E-state index contributed by atoms with van der Waals surface area (Å²) < 4.78 is 0. The second kappa shape index (κ2) is 6.20. The van der Waals surface area contributed by atoms with Gasteiger partial charge in [-0.25, -0.2) is 0 Å². The molecule has 1 aromatic carbocycles. The lowest BCUT2D eigenvalue weighted by Crippen LogP contribution is -2.32. The van der Waals surface area contributed by atoms with Crippen LogP contribution in [0.15, 0.2) is 24.3 Å². The Labute approximate surface area is 107 Å². The number of aryl methyl sites for hydroxylation is 1. The minimum absolute atomic E-state index is 0.386. The topological polar surface area (TPSA) is 12.0 Å². The number of likely N-dealkylation sites (N-methyl/N-ethyl adjacent to an activating group) is 1. The maximum absolute atomic E-state index is 3.44. The summed E-state index contributed by atoms with van der Waals surface area (Å²) in [5.74, 6) is 0. The summed E-state index contributed by atoms with van der Waals surface area (Å²) in [6.45, 7) is 9.11. The average molecular weight is 233 g/mol. The molecule has 0 saturated heterocycles. The maximum Gasteiger partial charge on any atom is 0.0109 e. The lowest BCUT2D eigenvalue weighted by atomic mass is 9.86. The van der Waals surface area contributed by atoms with E-state index >= 15 is 0 Å². The summed E-state index contributed by atoms with van der Waals surface area (Å²) in [6.07, 6.45) is 3.45. The van der Waals surface area contributed by atoms with Crippen LogP contribution >= 0.6 is 0 Å². The van der Waals surface area contributed by atoms with Crippen LogP contribution in [0, 0.1) is 5.41 Å². The Bertz CT molecular complexity index is 318. The van der Waals surface area contributed by atoms with E-state index < -0.39 is 0 Å². The molecule has 0 radical (unpaired) electrons. The van der Waals surface area contributed by atoms with E-state index in [1.165, 1.54) is 17.5 Å². The minimum atomic E-state index is 0.386. The molecule has 0 aliphatic heterocycles. The largest absolute Gasteiger partial charge is 0.317 e. The second-order valence-corrected chi connectivity index (χ2v) is 6.12. The van der Waals surface area contributed by atoms with Crippen LogP contribution in [-0.4, -0.2) is 13.1 Å². The SMILES string of the molecule is CCc1ccc(CC(CC(C)(C)C)NC)cc1. The molecule has 1 unspecified atom stereocenters. The standard InChI is InChI=1S/C16H27N/c1-6-13-7-9-14(10-8-13)11-15(17-5)12-16(2,3)4/h7-10,15,17H,6,11-12H2,1-5H3. The Balaban J connectivity index is 2.61. The zero-order chi connectivity index (χ0) is 12.9. The van der Waals surface area contributed by atoms with E-state index in [2.05, 4.69) is 64.3 Å². The molecule has 1 aromatic rings. The van der Waals surface area contributed by atoms with E-state index in [1.807, 2.05) is 0 Å². The third-order valence-corrected chi connectivity index (χ3v) is 3.18. The number of nitrogens with one attached hydrogen (secondary N) is 1. The van der Waals surface area contributed by atoms with Gasteiger partial charge in [-0.05, 0) is 42.9 Å². The van der Waals surface area contributed by atoms with Crippen molar-refractivity contribution in [1.29, 1.82) is 0 Å². The molecular weight excluding hydrogens is 206 g/mol. The third-order valence-electron chi connectivity index (χ3n) is 3.18. The van der Waals surface area contributed by atoms with E-state index in [9.17, 15) is 0 Å². The van der Waals surface area contributed by atoms with Crippen molar-refractivity contribution in [1.82, 2.24) is 5.32 Å². The Morgan fingerprint density at radius 3 is 2.00 bits per heavy atom. The second-order valence-electron chi connectivity index (χ2n) is 6.12. The molecule has 1 atom stereocenters. The number of benzene rings is 1.